The van der Waals surface area contributed by atoms with Crippen molar-refractivity contribution in [2.75, 3.05) is 0 Å². The van der Waals surface area contributed by atoms with Crippen LogP contribution in [0.15, 0.2) is 35.6 Å². The quantitative estimate of drug-likeness (QED) is 0.447. The topological polar surface area (TPSA) is 38.5 Å². The highest BCUT2D eigenvalue weighted by Crippen LogP contribution is 2.66. The van der Waals surface area contributed by atoms with Crippen molar-refractivity contribution < 1.29 is 9.59 Å². The summed E-state index contributed by atoms with van der Waals surface area (Å²) in [7, 11) is 0. The molecule has 5 rings (SSSR count). The Morgan fingerprint density at radius 1 is 1.11 bits per heavy atom. The Kier molecular flexibility index (Phi) is 3.38. The smallest absolute Gasteiger partial charge is 0.227 e. The highest BCUT2D eigenvalue weighted by Gasteiger charge is 2.62. The molecule has 27 heavy (non-hydrogen) atoms. The van der Waals surface area contributed by atoms with E-state index in [4.69, 9.17) is 6.57 Å². The number of carbonyl (C=O) groups excluding carboxylic acids is 2. The van der Waals surface area contributed by atoms with Crippen molar-refractivity contribution in [3.8, 4) is 0 Å². The van der Waals surface area contributed by atoms with Crippen LogP contribution in [0.3, 0.4) is 0 Å². The summed E-state index contributed by atoms with van der Waals surface area (Å²) in [6, 6.07) is 0. The zero-order chi connectivity index (χ0) is 19.0. The van der Waals surface area contributed by atoms with Crippen LogP contribution in [0, 0.1) is 40.6 Å². The van der Waals surface area contributed by atoms with Crippen molar-refractivity contribution in [2.24, 2.45) is 34.0 Å². The van der Waals surface area contributed by atoms with Gasteiger partial charge in [0.1, 0.15) is 5.78 Å². The van der Waals surface area contributed by atoms with Crippen molar-refractivity contribution in [3.63, 3.8) is 0 Å². The maximum atomic E-state index is 13.2. The number of allylic oxidation sites excluding steroid dienone is 6. The van der Waals surface area contributed by atoms with E-state index in [1.165, 1.54) is 5.57 Å². The Labute approximate surface area is 161 Å². The molecule has 0 aromatic rings. The number of hydrogen-bond donors (Lipinski definition) is 0. The summed E-state index contributed by atoms with van der Waals surface area (Å²) in [6.07, 6.45) is 14.8. The van der Waals surface area contributed by atoms with Crippen LogP contribution in [0.2, 0.25) is 0 Å². The average molecular weight is 361 g/mol. The molecule has 5 aliphatic rings. The van der Waals surface area contributed by atoms with Crippen molar-refractivity contribution in [1.82, 2.24) is 0 Å². The van der Waals surface area contributed by atoms with Crippen LogP contribution in [-0.2, 0) is 9.59 Å². The fraction of sp³-hybridized carbons (Fsp3) is 0.625. The maximum absolute atomic E-state index is 13.2. The molecule has 5 aliphatic carbocycles. The molecule has 1 spiro atoms. The maximum Gasteiger partial charge on any atom is 0.227 e. The standard InChI is InChI=1S/C24H27NO2/c1-22-13-10-17-15(16(22)7-9-20(22)26)6-8-19-23(17,2)14-18(25-3)21(27)24(19)11-4-5-12-24/h4-5,8,14-17H,6-7,9-13H2,1-2H3/t15-,16-,17-,22-,23+/m0/s1. The molecule has 3 heteroatoms. The lowest BCUT2D eigenvalue weighted by atomic mass is 9.45. The SMILES string of the molecule is [C-]#[N+]C1=C[C@@]2(C)C(=CC[C@@H]3[C@@H]2CC[C@]2(C)C(=O)CC[C@@H]32)C2(CC=CC2)C1=O. The van der Waals surface area contributed by atoms with Gasteiger partial charge in [0.05, 0.1) is 12.0 Å². The second-order valence-corrected chi connectivity index (χ2v) is 9.86. The van der Waals surface area contributed by atoms with Crippen LogP contribution >= 0.6 is 0 Å². The number of nitrogens with zero attached hydrogens (tertiary/aromatic N) is 1. The van der Waals surface area contributed by atoms with Crippen LogP contribution in [0.25, 0.3) is 4.85 Å². The van der Waals surface area contributed by atoms with E-state index in [9.17, 15) is 9.59 Å². The Hall–Kier alpha value is -1.95. The molecule has 0 N–H and O–H groups in total. The first-order chi connectivity index (χ1) is 12.9. The molecule has 0 bridgehead atoms. The molecule has 0 radical (unpaired) electrons. The zero-order valence-electron chi connectivity index (χ0n) is 16.3. The molecule has 0 amide bonds. The molecule has 0 unspecified atom stereocenters. The Morgan fingerprint density at radius 3 is 2.56 bits per heavy atom. The first-order valence-electron chi connectivity index (χ1n) is 10.4. The summed E-state index contributed by atoms with van der Waals surface area (Å²) in [5.74, 6) is 1.87. The zero-order valence-corrected chi connectivity index (χ0v) is 16.3. The average Bonchev–Trinajstić information content (AvgIpc) is 3.25. The van der Waals surface area contributed by atoms with Gasteiger partial charge in [0.2, 0.25) is 5.70 Å². The number of Topliss-reactive ketones (excluding diaryl/α,β-unsaturated/α-hetero) is 2. The van der Waals surface area contributed by atoms with Gasteiger partial charge in [0.15, 0.2) is 5.78 Å². The number of fused-ring (bicyclic) bond motifs is 6. The molecule has 2 fully saturated rings. The molecule has 0 aromatic carbocycles. The highest BCUT2D eigenvalue weighted by atomic mass is 16.1. The predicted octanol–water partition coefficient (Wildman–Crippen LogP) is 5.06. The van der Waals surface area contributed by atoms with E-state index in [-0.39, 0.29) is 16.6 Å². The number of hydrogen-bond acceptors (Lipinski definition) is 2. The van der Waals surface area contributed by atoms with Gasteiger partial charge in [-0.2, -0.15) is 0 Å². The van der Waals surface area contributed by atoms with Crippen molar-refractivity contribution in [2.45, 2.75) is 58.8 Å². The largest absolute Gasteiger partial charge is 0.307 e. The third-order valence-electron chi connectivity index (χ3n) is 8.93. The van der Waals surface area contributed by atoms with E-state index < -0.39 is 5.41 Å². The van der Waals surface area contributed by atoms with E-state index in [0.717, 1.165) is 44.9 Å². The molecule has 0 heterocycles. The van der Waals surface area contributed by atoms with Gasteiger partial charge in [-0.1, -0.05) is 43.7 Å². The number of carbonyl (C=O) groups is 2. The summed E-state index contributed by atoms with van der Waals surface area (Å²) in [6.45, 7) is 12.1. The third-order valence-corrected chi connectivity index (χ3v) is 8.93. The van der Waals surface area contributed by atoms with Gasteiger partial charge in [0, 0.05) is 17.3 Å². The summed E-state index contributed by atoms with van der Waals surface area (Å²) in [4.78, 5) is 29.5. The Morgan fingerprint density at radius 2 is 1.85 bits per heavy atom. The number of ketones is 2. The lowest BCUT2D eigenvalue weighted by Gasteiger charge is -2.58. The minimum atomic E-state index is -0.513. The molecule has 5 atom stereocenters. The Balaban J connectivity index is 1.65. The van der Waals surface area contributed by atoms with Crippen LogP contribution < -0.4 is 0 Å². The number of rotatable bonds is 0. The summed E-state index contributed by atoms with van der Waals surface area (Å²) in [5.41, 5.74) is 0.726. The van der Waals surface area contributed by atoms with Crippen molar-refractivity contribution >= 4 is 11.6 Å². The molecule has 0 saturated heterocycles. The van der Waals surface area contributed by atoms with E-state index in [2.05, 4.69) is 36.9 Å². The molecule has 0 aromatic heterocycles. The first kappa shape index (κ1) is 17.2. The lowest BCUT2D eigenvalue weighted by molar-refractivity contribution is -0.131. The minimum Gasteiger partial charge on any atom is -0.307 e. The fourth-order valence-electron chi connectivity index (χ4n) is 7.56. The van der Waals surface area contributed by atoms with Crippen LogP contribution in [-0.4, -0.2) is 11.6 Å². The molecular weight excluding hydrogens is 334 g/mol. The fourth-order valence-corrected chi connectivity index (χ4v) is 7.56. The summed E-state index contributed by atoms with van der Waals surface area (Å²) in [5, 5.41) is 0. The van der Waals surface area contributed by atoms with Gasteiger partial charge >= 0.3 is 0 Å². The van der Waals surface area contributed by atoms with Crippen molar-refractivity contribution in [1.29, 1.82) is 0 Å². The molecular formula is C24H27NO2. The van der Waals surface area contributed by atoms with Gasteiger partial charge in [-0.05, 0) is 56.3 Å². The molecule has 3 nitrogen and oxygen atoms in total. The van der Waals surface area contributed by atoms with E-state index in [1.54, 1.807) is 0 Å². The van der Waals surface area contributed by atoms with Crippen LogP contribution in [0.1, 0.15) is 58.8 Å². The summed E-state index contributed by atoms with van der Waals surface area (Å²) < 4.78 is 0. The molecule has 2 saturated carbocycles. The monoisotopic (exact) mass is 361 g/mol. The second-order valence-electron chi connectivity index (χ2n) is 9.86. The molecule has 140 valence electrons. The van der Waals surface area contributed by atoms with Gasteiger partial charge in [-0.15, -0.1) is 0 Å². The normalized spacial score (nSPS) is 44.3. The van der Waals surface area contributed by atoms with Crippen LogP contribution in [0.4, 0.5) is 0 Å². The minimum absolute atomic E-state index is 0.0290. The van der Waals surface area contributed by atoms with Crippen LogP contribution in [0.5, 0.6) is 0 Å². The highest BCUT2D eigenvalue weighted by molar-refractivity contribution is 6.05. The molecule has 0 aliphatic heterocycles. The van der Waals surface area contributed by atoms with Crippen molar-refractivity contribution in [3.05, 3.63) is 47.0 Å². The van der Waals surface area contributed by atoms with E-state index in [1.807, 2.05) is 6.08 Å². The second kappa shape index (κ2) is 5.31. The van der Waals surface area contributed by atoms with Gasteiger partial charge in [0.25, 0.3) is 0 Å². The van der Waals surface area contributed by atoms with Gasteiger partial charge in [-0.3, -0.25) is 4.79 Å². The third kappa shape index (κ3) is 1.92. The summed E-state index contributed by atoms with van der Waals surface area (Å²) >= 11 is 0. The van der Waals surface area contributed by atoms with Gasteiger partial charge < -0.3 is 4.79 Å². The first-order valence-corrected chi connectivity index (χ1v) is 10.4. The lowest BCUT2D eigenvalue weighted by Crippen LogP contribution is -2.53. The van der Waals surface area contributed by atoms with E-state index >= 15 is 0 Å². The Bertz CT molecular complexity index is 877. The van der Waals surface area contributed by atoms with Gasteiger partial charge in [-0.25, -0.2) is 4.85 Å². The van der Waals surface area contributed by atoms with E-state index in [0.29, 0.717) is 29.2 Å². The predicted molar refractivity (Wildman–Crippen MR) is 103 cm³/mol.